The van der Waals surface area contributed by atoms with E-state index in [0.29, 0.717) is 29.0 Å². The van der Waals surface area contributed by atoms with E-state index in [-0.39, 0.29) is 29.9 Å². The van der Waals surface area contributed by atoms with Crippen LogP contribution >= 0.6 is 22.9 Å². The Balaban J connectivity index is 1.58. The van der Waals surface area contributed by atoms with Crippen LogP contribution in [-0.4, -0.2) is 38.6 Å². The number of rotatable bonds is 8. The summed E-state index contributed by atoms with van der Waals surface area (Å²) in [4.78, 5) is 25.1. The molecule has 0 saturated carbocycles. The number of hydrogen-bond acceptors (Lipinski definition) is 5. The van der Waals surface area contributed by atoms with Gasteiger partial charge in [-0.1, -0.05) is 23.7 Å². The summed E-state index contributed by atoms with van der Waals surface area (Å²) in [6.45, 7) is 1.86. The minimum absolute atomic E-state index is 0.0528. The Labute approximate surface area is 174 Å². The van der Waals surface area contributed by atoms with Gasteiger partial charge in [-0.25, -0.2) is 0 Å². The fourth-order valence-electron chi connectivity index (χ4n) is 3.44. The van der Waals surface area contributed by atoms with Gasteiger partial charge in [-0.05, 0) is 42.7 Å². The second-order valence-corrected chi connectivity index (χ2v) is 8.64. The maximum atomic E-state index is 12.4. The zero-order valence-electron chi connectivity index (χ0n) is 15.8. The lowest BCUT2D eigenvalue weighted by atomic mass is 9.74. The quantitative estimate of drug-likeness (QED) is 0.647. The van der Waals surface area contributed by atoms with Crippen molar-refractivity contribution in [1.29, 1.82) is 0 Å². The number of Topliss-reactive ketones (excluding diaryl/α,β-unsaturated/α-hetero) is 1. The zero-order chi connectivity index (χ0) is 20.0. The highest BCUT2D eigenvalue weighted by Gasteiger charge is 2.34. The maximum Gasteiger partial charge on any atom is 0.220 e. The number of halogens is 1. The number of carbonyl (C=O) groups is 2. The van der Waals surface area contributed by atoms with Gasteiger partial charge in [0, 0.05) is 38.0 Å². The third kappa shape index (κ3) is 5.13. The Morgan fingerprint density at radius 1 is 1.14 bits per heavy atom. The number of ketones is 1. The molecule has 1 N–H and O–H groups in total. The summed E-state index contributed by atoms with van der Waals surface area (Å²) in [7, 11) is 1.64. The van der Waals surface area contributed by atoms with Crippen LogP contribution in [0.2, 0.25) is 4.34 Å². The molecule has 5 nitrogen and oxygen atoms in total. The third-order valence-corrected chi connectivity index (χ3v) is 6.48. The highest BCUT2D eigenvalue weighted by Crippen LogP contribution is 2.35. The fraction of sp³-hybridized carbons (Fsp3) is 0.429. The third-order valence-electron chi connectivity index (χ3n) is 5.20. The topological polar surface area (TPSA) is 64.6 Å². The van der Waals surface area contributed by atoms with Gasteiger partial charge in [0.15, 0.2) is 5.78 Å². The van der Waals surface area contributed by atoms with Crippen LogP contribution in [0, 0.1) is 0 Å². The first-order chi connectivity index (χ1) is 13.5. The summed E-state index contributed by atoms with van der Waals surface area (Å²) in [5.41, 5.74) is 1.01. The minimum Gasteiger partial charge on any atom is -0.497 e. The first-order valence-corrected chi connectivity index (χ1v) is 10.5. The van der Waals surface area contributed by atoms with Crippen molar-refractivity contribution in [2.45, 2.75) is 31.1 Å². The van der Waals surface area contributed by atoms with Crippen LogP contribution in [0.25, 0.3) is 0 Å². The number of nitrogens with one attached hydrogen (secondary N) is 1. The van der Waals surface area contributed by atoms with Crippen molar-refractivity contribution in [2.24, 2.45) is 0 Å². The molecule has 1 aliphatic rings. The second kappa shape index (κ2) is 9.54. The standard InChI is InChI=1S/C21H24ClNO4S/c1-26-16-4-2-15(3-5-16)21(10-12-27-13-11-21)14-23-20(25)9-6-17(24)18-7-8-19(22)28-18/h2-5,7-8H,6,9-14H2,1H3,(H,23,25). The van der Waals surface area contributed by atoms with E-state index >= 15 is 0 Å². The normalized spacial score (nSPS) is 15.8. The molecule has 0 spiro atoms. The predicted octanol–water partition coefficient (Wildman–Crippen LogP) is 4.24. The van der Waals surface area contributed by atoms with Gasteiger partial charge in [0.05, 0.1) is 16.3 Å². The maximum absolute atomic E-state index is 12.4. The summed E-state index contributed by atoms with van der Waals surface area (Å²) in [6, 6.07) is 11.4. The number of benzene rings is 1. The van der Waals surface area contributed by atoms with Crippen molar-refractivity contribution in [1.82, 2.24) is 5.32 Å². The van der Waals surface area contributed by atoms with Gasteiger partial charge in [-0.15, -0.1) is 11.3 Å². The molecule has 1 aromatic carbocycles. The average Bonchev–Trinajstić information content (AvgIpc) is 3.17. The van der Waals surface area contributed by atoms with Crippen LogP contribution in [-0.2, 0) is 14.9 Å². The SMILES string of the molecule is COc1ccc(C2(CNC(=O)CCC(=O)c3ccc(Cl)s3)CCOCC2)cc1. The lowest BCUT2D eigenvalue weighted by molar-refractivity contribution is -0.121. The highest BCUT2D eigenvalue weighted by molar-refractivity contribution is 7.18. The van der Waals surface area contributed by atoms with E-state index in [2.05, 4.69) is 17.4 Å². The first kappa shape index (κ1) is 20.8. The van der Waals surface area contributed by atoms with Gasteiger partial charge in [0.1, 0.15) is 5.75 Å². The summed E-state index contributed by atoms with van der Waals surface area (Å²) in [5.74, 6) is 0.639. The fourth-order valence-corrected chi connectivity index (χ4v) is 4.46. The number of amides is 1. The molecule has 1 amide bonds. The number of hydrogen-bond donors (Lipinski definition) is 1. The lowest BCUT2D eigenvalue weighted by Gasteiger charge is -2.38. The molecule has 28 heavy (non-hydrogen) atoms. The van der Waals surface area contributed by atoms with Crippen LogP contribution in [0.5, 0.6) is 5.75 Å². The van der Waals surface area contributed by atoms with E-state index in [9.17, 15) is 9.59 Å². The first-order valence-electron chi connectivity index (χ1n) is 9.30. The summed E-state index contributed by atoms with van der Waals surface area (Å²) < 4.78 is 11.4. The molecule has 0 unspecified atom stereocenters. The van der Waals surface area contributed by atoms with Crippen molar-refractivity contribution in [2.75, 3.05) is 26.9 Å². The van der Waals surface area contributed by atoms with Crippen molar-refractivity contribution in [3.8, 4) is 5.75 Å². The molecule has 0 aliphatic carbocycles. The van der Waals surface area contributed by atoms with E-state index in [1.165, 1.54) is 16.9 Å². The van der Waals surface area contributed by atoms with Gasteiger partial charge in [0.25, 0.3) is 0 Å². The van der Waals surface area contributed by atoms with Gasteiger partial charge in [-0.2, -0.15) is 0 Å². The van der Waals surface area contributed by atoms with Gasteiger partial charge < -0.3 is 14.8 Å². The largest absolute Gasteiger partial charge is 0.497 e. The Morgan fingerprint density at radius 3 is 2.46 bits per heavy atom. The Hall–Kier alpha value is -1.89. The molecule has 7 heteroatoms. The number of ether oxygens (including phenoxy) is 2. The van der Waals surface area contributed by atoms with Gasteiger partial charge >= 0.3 is 0 Å². The van der Waals surface area contributed by atoms with Crippen molar-refractivity contribution in [3.05, 3.63) is 51.2 Å². The van der Waals surface area contributed by atoms with E-state index in [1.807, 2.05) is 12.1 Å². The number of methoxy groups -OCH3 is 1. The van der Waals surface area contributed by atoms with Crippen molar-refractivity contribution in [3.63, 3.8) is 0 Å². The zero-order valence-corrected chi connectivity index (χ0v) is 17.4. The van der Waals surface area contributed by atoms with Crippen LogP contribution in [0.1, 0.15) is 40.9 Å². The highest BCUT2D eigenvalue weighted by atomic mass is 35.5. The molecule has 1 saturated heterocycles. The molecule has 2 heterocycles. The summed E-state index contributed by atoms with van der Waals surface area (Å²) in [5, 5.41) is 3.03. The average molecular weight is 422 g/mol. The number of thiophene rings is 1. The molecule has 1 fully saturated rings. The predicted molar refractivity (Wildman–Crippen MR) is 111 cm³/mol. The number of carbonyl (C=O) groups excluding carboxylic acids is 2. The summed E-state index contributed by atoms with van der Waals surface area (Å²) in [6.07, 6.45) is 2.03. The minimum atomic E-state index is -0.161. The molecule has 0 atom stereocenters. The van der Waals surface area contributed by atoms with E-state index in [1.54, 1.807) is 19.2 Å². The molecular formula is C21H24ClNO4S. The molecule has 1 aliphatic heterocycles. The summed E-state index contributed by atoms with van der Waals surface area (Å²) >= 11 is 7.11. The lowest BCUT2D eigenvalue weighted by Crippen LogP contribution is -2.44. The van der Waals surface area contributed by atoms with Crippen LogP contribution in [0.15, 0.2) is 36.4 Å². The molecule has 2 aromatic rings. The molecule has 1 aromatic heterocycles. The Morgan fingerprint density at radius 2 is 1.86 bits per heavy atom. The molecule has 3 rings (SSSR count). The van der Waals surface area contributed by atoms with Crippen LogP contribution in [0.4, 0.5) is 0 Å². The van der Waals surface area contributed by atoms with Crippen LogP contribution in [0.3, 0.4) is 0 Å². The van der Waals surface area contributed by atoms with Gasteiger partial charge in [0.2, 0.25) is 5.91 Å². The molecule has 150 valence electrons. The smallest absolute Gasteiger partial charge is 0.220 e. The molecule has 0 bridgehead atoms. The monoisotopic (exact) mass is 421 g/mol. The van der Waals surface area contributed by atoms with Crippen molar-refractivity contribution < 1.29 is 19.1 Å². The van der Waals surface area contributed by atoms with Crippen LogP contribution < -0.4 is 10.1 Å². The molecular weight excluding hydrogens is 398 g/mol. The van der Waals surface area contributed by atoms with Gasteiger partial charge in [-0.3, -0.25) is 9.59 Å². The second-order valence-electron chi connectivity index (χ2n) is 6.92. The van der Waals surface area contributed by atoms with E-state index < -0.39 is 0 Å². The van der Waals surface area contributed by atoms with Crippen molar-refractivity contribution >= 4 is 34.6 Å². The Kier molecular flexibility index (Phi) is 7.10. The van der Waals surface area contributed by atoms with E-state index in [4.69, 9.17) is 21.1 Å². The molecule has 0 radical (unpaired) electrons. The van der Waals surface area contributed by atoms with E-state index in [0.717, 1.165) is 18.6 Å². The Bertz CT molecular complexity index is 812.